The van der Waals surface area contributed by atoms with E-state index in [1.807, 2.05) is 56.4 Å². The van der Waals surface area contributed by atoms with Gasteiger partial charge >= 0.3 is 0 Å². The lowest BCUT2D eigenvalue weighted by Crippen LogP contribution is -2.64. The number of rotatable bonds is 9. The second-order valence-electron chi connectivity index (χ2n) is 7.75. The van der Waals surface area contributed by atoms with Gasteiger partial charge in [-0.15, -0.1) is 0 Å². The van der Waals surface area contributed by atoms with Crippen LogP contribution in [-0.4, -0.2) is 46.3 Å². The first-order valence-electron chi connectivity index (χ1n) is 7.94. The fraction of sp³-hybridized carbons (Fsp3) is 0.933. The number of ketones is 1. The summed E-state index contributed by atoms with van der Waals surface area (Å²) in [5.74, 6) is 0.0512. The van der Waals surface area contributed by atoms with Crippen LogP contribution in [0.2, 0.25) is 6.32 Å². The van der Waals surface area contributed by atoms with Crippen LogP contribution in [0.4, 0.5) is 0 Å². The molecule has 0 fully saturated rings. The number of nitrogens with two attached hydrogens (primary N) is 1. The van der Waals surface area contributed by atoms with Crippen molar-refractivity contribution in [3.8, 4) is 0 Å². The molecule has 0 bridgehead atoms. The summed E-state index contributed by atoms with van der Waals surface area (Å²) in [6.07, 6.45) is 0.237. The van der Waals surface area contributed by atoms with Crippen molar-refractivity contribution in [1.82, 2.24) is 5.32 Å². The Labute approximate surface area is 137 Å². The molecule has 0 aromatic heterocycles. The van der Waals surface area contributed by atoms with Crippen LogP contribution in [0, 0.1) is 10.8 Å². The highest BCUT2D eigenvalue weighted by Crippen LogP contribution is 2.43. The van der Waals surface area contributed by atoms with Gasteiger partial charge in [0, 0.05) is 11.0 Å². The summed E-state index contributed by atoms with van der Waals surface area (Å²) in [5.41, 5.74) is 3.38. The van der Waals surface area contributed by atoms with Gasteiger partial charge in [0.05, 0.1) is 5.41 Å². The molecule has 5 nitrogen and oxygen atoms in total. The molecule has 2 unspecified atom stereocenters. The van der Waals surface area contributed by atoms with Gasteiger partial charge < -0.3 is 20.4 Å². The van der Waals surface area contributed by atoms with Crippen LogP contribution in [0.5, 0.6) is 0 Å². The van der Waals surface area contributed by atoms with Gasteiger partial charge in [-0.25, -0.2) is 0 Å². The van der Waals surface area contributed by atoms with Gasteiger partial charge in [-0.05, 0) is 48.0 Å². The molecule has 2 atom stereocenters. The highest BCUT2D eigenvalue weighted by Gasteiger charge is 2.54. The van der Waals surface area contributed by atoms with Gasteiger partial charge in [-0.1, -0.05) is 13.8 Å². The van der Waals surface area contributed by atoms with Crippen molar-refractivity contribution in [1.29, 1.82) is 0 Å². The molecular formula is C15H34B2N2O3. The minimum atomic E-state index is -1.14. The normalized spacial score (nSPS) is 17.9. The topological polar surface area (TPSA) is 73.6 Å². The third kappa shape index (κ3) is 3.94. The van der Waals surface area contributed by atoms with Crippen LogP contribution in [0.1, 0.15) is 48.5 Å². The maximum Gasteiger partial charge on any atom is 0.260 e. The molecule has 0 aliphatic carbocycles. The van der Waals surface area contributed by atoms with Gasteiger partial charge in [0.25, 0.3) is 8.05 Å². The first kappa shape index (κ1) is 21.6. The van der Waals surface area contributed by atoms with Crippen molar-refractivity contribution in [2.24, 2.45) is 16.6 Å². The third-order valence-corrected chi connectivity index (χ3v) is 5.54. The molecule has 0 spiro atoms. The zero-order valence-electron chi connectivity index (χ0n) is 16.1. The van der Waals surface area contributed by atoms with Crippen LogP contribution in [0.25, 0.3) is 0 Å². The van der Waals surface area contributed by atoms with E-state index in [-0.39, 0.29) is 11.3 Å². The largest absolute Gasteiger partial charge is 0.421 e. The number of hydrogen-bond acceptors (Lipinski definition) is 5. The average molecular weight is 312 g/mol. The molecule has 0 aliphatic rings. The second-order valence-corrected chi connectivity index (χ2v) is 7.75. The van der Waals surface area contributed by atoms with E-state index < -0.39 is 22.8 Å². The second kappa shape index (κ2) is 7.04. The Morgan fingerprint density at radius 2 is 1.59 bits per heavy atom. The first-order valence-corrected chi connectivity index (χ1v) is 7.94. The molecule has 0 radical (unpaired) electrons. The predicted octanol–water partition coefficient (Wildman–Crippen LogP) is 0.240. The Bertz CT molecular complexity index is 392. The average Bonchev–Trinajstić information content (AvgIpc) is 2.43. The summed E-state index contributed by atoms with van der Waals surface area (Å²) >= 11 is 0. The number of hydrogen-bond donors (Lipinski definition) is 2. The van der Waals surface area contributed by atoms with E-state index >= 15 is 0 Å². The Kier molecular flexibility index (Phi) is 6.92. The summed E-state index contributed by atoms with van der Waals surface area (Å²) in [4.78, 5) is 13.3. The van der Waals surface area contributed by atoms with Gasteiger partial charge in [-0.3, -0.25) is 4.79 Å². The minimum absolute atomic E-state index is 0.0512. The zero-order chi connectivity index (χ0) is 18.0. The van der Waals surface area contributed by atoms with Crippen LogP contribution in [-0.2, 0) is 14.2 Å². The van der Waals surface area contributed by atoms with E-state index in [2.05, 4.69) is 5.32 Å². The molecule has 0 aromatic rings. The SMILES string of the molecule is BCC(OB)OC(C)(N)C(C)(C)C(=O)C(C)(C)C(C)(C)NC. The number of ether oxygens (including phenoxy) is 1. The molecule has 0 heterocycles. The quantitative estimate of drug-likeness (QED) is 0.471. The summed E-state index contributed by atoms with van der Waals surface area (Å²) in [6.45, 7) is 13.3. The molecule has 0 saturated carbocycles. The number of Topliss-reactive ketones (excluding diaryl/α,β-unsaturated/α-hetero) is 1. The monoisotopic (exact) mass is 312 g/mol. The van der Waals surface area contributed by atoms with Crippen LogP contribution >= 0.6 is 0 Å². The molecule has 22 heavy (non-hydrogen) atoms. The first-order chi connectivity index (χ1) is 9.71. The highest BCUT2D eigenvalue weighted by molar-refractivity contribution is 6.09. The Morgan fingerprint density at radius 1 is 1.14 bits per heavy atom. The lowest BCUT2D eigenvalue weighted by molar-refractivity contribution is -0.202. The van der Waals surface area contributed by atoms with Crippen molar-refractivity contribution in [2.75, 3.05) is 7.05 Å². The predicted molar refractivity (Wildman–Crippen MR) is 96.2 cm³/mol. The van der Waals surface area contributed by atoms with E-state index in [9.17, 15) is 4.79 Å². The van der Waals surface area contributed by atoms with Crippen LogP contribution < -0.4 is 11.1 Å². The number of nitrogens with one attached hydrogen (secondary N) is 1. The maximum absolute atomic E-state index is 13.3. The molecule has 3 N–H and O–H groups in total. The molecular weight excluding hydrogens is 278 g/mol. The lowest BCUT2D eigenvalue weighted by Gasteiger charge is -2.49. The molecule has 128 valence electrons. The summed E-state index contributed by atoms with van der Waals surface area (Å²) in [6, 6.07) is 0. The van der Waals surface area contributed by atoms with Gasteiger partial charge in [0.2, 0.25) is 0 Å². The highest BCUT2D eigenvalue weighted by atomic mass is 16.7. The van der Waals surface area contributed by atoms with Crippen molar-refractivity contribution < 1.29 is 14.2 Å². The molecule has 0 rings (SSSR count). The Hall–Kier alpha value is -0.360. The van der Waals surface area contributed by atoms with E-state index in [1.54, 1.807) is 15.0 Å². The van der Waals surface area contributed by atoms with Gasteiger partial charge in [0.15, 0.2) is 0 Å². The number of carbonyl (C=O) groups is 1. The molecule has 7 heteroatoms. The van der Waals surface area contributed by atoms with Crippen molar-refractivity contribution >= 4 is 21.7 Å². The molecule has 0 amide bonds. The summed E-state index contributed by atoms with van der Waals surface area (Å²) in [7, 11) is 5.39. The minimum Gasteiger partial charge on any atom is -0.421 e. The van der Waals surface area contributed by atoms with Crippen molar-refractivity contribution in [3.05, 3.63) is 0 Å². The van der Waals surface area contributed by atoms with E-state index in [0.717, 1.165) is 0 Å². The third-order valence-electron chi connectivity index (χ3n) is 5.54. The van der Waals surface area contributed by atoms with Gasteiger partial charge in [0.1, 0.15) is 25.6 Å². The van der Waals surface area contributed by atoms with E-state index in [4.69, 9.17) is 15.1 Å². The van der Waals surface area contributed by atoms with E-state index in [1.165, 1.54) is 0 Å². The Balaban J connectivity index is 5.58. The summed E-state index contributed by atoms with van der Waals surface area (Å²) in [5, 5.41) is 3.22. The standard InChI is InChI=1S/C15H34B2N2O3/c1-12(2,14(5,6)19-8)11(20)13(3,4)15(7,18)21-10(9-16)22-17/h10,19H,9,16-18H2,1-8H3. The number of carbonyl (C=O) groups excluding carboxylic acids is 1. The van der Waals surface area contributed by atoms with Crippen LogP contribution in [0.3, 0.4) is 0 Å². The van der Waals surface area contributed by atoms with E-state index in [0.29, 0.717) is 6.32 Å². The fourth-order valence-corrected chi connectivity index (χ4v) is 2.32. The Morgan fingerprint density at radius 3 is 1.91 bits per heavy atom. The summed E-state index contributed by atoms with van der Waals surface area (Å²) < 4.78 is 11.1. The van der Waals surface area contributed by atoms with Crippen molar-refractivity contribution in [2.45, 2.75) is 72.3 Å². The van der Waals surface area contributed by atoms with Crippen LogP contribution in [0.15, 0.2) is 0 Å². The zero-order valence-corrected chi connectivity index (χ0v) is 16.1. The molecule has 0 saturated heterocycles. The lowest BCUT2D eigenvalue weighted by atomic mass is 9.61. The maximum atomic E-state index is 13.3. The smallest absolute Gasteiger partial charge is 0.260 e. The fourth-order valence-electron chi connectivity index (χ4n) is 2.32. The molecule has 0 aromatic carbocycles. The van der Waals surface area contributed by atoms with Gasteiger partial charge in [-0.2, -0.15) is 0 Å². The molecule has 0 aliphatic heterocycles. The van der Waals surface area contributed by atoms with Crippen molar-refractivity contribution in [3.63, 3.8) is 0 Å².